The Morgan fingerprint density at radius 3 is 2.33 bits per heavy atom. The van der Waals surface area contributed by atoms with E-state index in [0.717, 1.165) is 51.4 Å². The van der Waals surface area contributed by atoms with Crippen LogP contribution in [0.25, 0.3) is 0 Å². The van der Waals surface area contributed by atoms with E-state index in [-0.39, 0.29) is 23.3 Å². The van der Waals surface area contributed by atoms with E-state index in [1.807, 2.05) is 0 Å². The summed E-state index contributed by atoms with van der Waals surface area (Å²) in [6.45, 7) is 0.673. The average molecular weight is 273 g/mol. The second kappa shape index (κ2) is 4.76. The highest BCUT2D eigenvalue weighted by Gasteiger charge is 2.47. The van der Waals surface area contributed by atoms with Gasteiger partial charge in [0, 0.05) is 18.5 Å². The highest BCUT2D eigenvalue weighted by molar-refractivity contribution is 7.90. The van der Waals surface area contributed by atoms with Crippen molar-refractivity contribution in [3.63, 3.8) is 0 Å². The zero-order chi connectivity index (χ0) is 12.8. The van der Waals surface area contributed by atoms with Gasteiger partial charge < -0.3 is 5.11 Å². The molecule has 5 heteroatoms. The van der Waals surface area contributed by atoms with Crippen LogP contribution in [0.15, 0.2) is 0 Å². The minimum absolute atomic E-state index is 0.0712. The number of nitrogens with zero attached hydrogens (tertiary/aromatic N) is 1. The quantitative estimate of drug-likeness (QED) is 0.847. The average Bonchev–Trinajstić information content (AvgIpc) is 3.13. The maximum Gasteiger partial charge on any atom is 0.217 e. The molecule has 3 fully saturated rings. The molecule has 4 nitrogen and oxygen atoms in total. The number of hydrogen-bond acceptors (Lipinski definition) is 3. The van der Waals surface area contributed by atoms with E-state index >= 15 is 0 Å². The monoisotopic (exact) mass is 273 g/mol. The number of piperidine rings is 1. The summed E-state index contributed by atoms with van der Waals surface area (Å²) in [5.41, 5.74) is 0. The van der Waals surface area contributed by atoms with E-state index in [0.29, 0.717) is 6.54 Å². The normalized spacial score (nSPS) is 39.1. The molecule has 3 unspecified atom stereocenters. The van der Waals surface area contributed by atoms with Gasteiger partial charge in [-0.2, -0.15) is 4.31 Å². The fourth-order valence-electron chi connectivity index (χ4n) is 3.65. The van der Waals surface area contributed by atoms with Crippen molar-refractivity contribution in [2.45, 2.75) is 68.8 Å². The first kappa shape index (κ1) is 12.9. The van der Waals surface area contributed by atoms with Crippen molar-refractivity contribution in [3.8, 4) is 0 Å². The Kier molecular flexibility index (Phi) is 3.41. The predicted octanol–water partition coefficient (Wildman–Crippen LogP) is 1.49. The summed E-state index contributed by atoms with van der Waals surface area (Å²) >= 11 is 0. The molecule has 0 aromatic carbocycles. The third kappa shape index (κ3) is 2.21. The first-order valence-corrected chi connectivity index (χ1v) is 8.80. The second-order valence-electron chi connectivity index (χ2n) is 6.08. The molecule has 3 atom stereocenters. The molecule has 104 valence electrons. The van der Waals surface area contributed by atoms with Gasteiger partial charge in [0.05, 0.1) is 11.4 Å². The molecular formula is C13H23NO3S. The van der Waals surface area contributed by atoms with Crippen molar-refractivity contribution < 1.29 is 13.5 Å². The Labute approximate surface area is 109 Å². The lowest BCUT2D eigenvalue weighted by molar-refractivity contribution is 0.0723. The van der Waals surface area contributed by atoms with Crippen LogP contribution < -0.4 is 0 Å². The number of rotatable bonds is 3. The van der Waals surface area contributed by atoms with Crippen LogP contribution in [0.5, 0.6) is 0 Å². The van der Waals surface area contributed by atoms with E-state index in [1.165, 1.54) is 0 Å². The van der Waals surface area contributed by atoms with Gasteiger partial charge >= 0.3 is 0 Å². The van der Waals surface area contributed by atoms with Crippen molar-refractivity contribution in [3.05, 3.63) is 0 Å². The minimum atomic E-state index is -3.08. The van der Waals surface area contributed by atoms with E-state index in [4.69, 9.17) is 0 Å². The lowest BCUT2D eigenvalue weighted by Gasteiger charge is -2.39. The second-order valence-corrected chi connectivity index (χ2v) is 8.25. The summed E-state index contributed by atoms with van der Waals surface area (Å²) < 4.78 is 26.7. The zero-order valence-corrected chi connectivity index (χ0v) is 11.6. The Bertz CT molecular complexity index is 404. The molecule has 2 saturated carbocycles. The van der Waals surface area contributed by atoms with Crippen molar-refractivity contribution in [1.82, 2.24) is 4.31 Å². The number of sulfonamides is 1. The number of aliphatic hydroxyl groups excluding tert-OH is 1. The molecule has 3 rings (SSSR count). The van der Waals surface area contributed by atoms with Crippen LogP contribution >= 0.6 is 0 Å². The molecule has 1 aliphatic heterocycles. The smallest absolute Gasteiger partial charge is 0.217 e. The molecule has 0 aromatic heterocycles. The number of hydrogen-bond donors (Lipinski definition) is 1. The van der Waals surface area contributed by atoms with E-state index in [1.54, 1.807) is 4.31 Å². The van der Waals surface area contributed by atoms with Gasteiger partial charge in [-0.3, -0.25) is 0 Å². The predicted molar refractivity (Wildman–Crippen MR) is 69.6 cm³/mol. The summed E-state index contributed by atoms with van der Waals surface area (Å²) in [7, 11) is -3.08. The van der Waals surface area contributed by atoms with Crippen LogP contribution in [-0.2, 0) is 10.0 Å². The molecule has 1 N–H and O–H groups in total. The maximum absolute atomic E-state index is 12.5. The molecule has 0 bridgehead atoms. The summed E-state index contributed by atoms with van der Waals surface area (Å²) in [4.78, 5) is 0. The summed E-state index contributed by atoms with van der Waals surface area (Å²) in [5, 5.41) is 9.94. The van der Waals surface area contributed by atoms with Crippen LogP contribution in [0.3, 0.4) is 0 Å². The Balaban J connectivity index is 1.81. The molecule has 0 radical (unpaired) electrons. The third-order valence-corrected chi connectivity index (χ3v) is 7.22. The molecule has 0 spiro atoms. The van der Waals surface area contributed by atoms with Crippen LogP contribution in [-0.4, -0.2) is 41.8 Å². The van der Waals surface area contributed by atoms with Crippen LogP contribution in [0.1, 0.15) is 51.4 Å². The molecule has 1 saturated heterocycles. The standard InChI is InChI=1S/C13H23NO3S/c15-13-6-3-4-11(13)12-5-1-2-9-14(12)18(16,17)10-7-8-10/h10-13,15H,1-9H2. The SMILES string of the molecule is O=S(=O)(C1CC1)N1CCCCC1C1CCCC1O. The van der Waals surface area contributed by atoms with Crippen molar-refractivity contribution in [1.29, 1.82) is 0 Å². The summed E-state index contributed by atoms with van der Waals surface area (Å²) in [6, 6.07) is 0.0712. The Hall–Kier alpha value is -0.130. The largest absolute Gasteiger partial charge is 0.393 e. The zero-order valence-electron chi connectivity index (χ0n) is 10.8. The van der Waals surface area contributed by atoms with Gasteiger partial charge in [-0.1, -0.05) is 12.8 Å². The first-order valence-electron chi connectivity index (χ1n) is 7.29. The molecule has 0 aromatic rings. The van der Waals surface area contributed by atoms with Gasteiger partial charge in [-0.05, 0) is 38.5 Å². The molecule has 0 amide bonds. The lowest BCUT2D eigenvalue weighted by Crippen LogP contribution is -2.50. The fourth-order valence-corrected chi connectivity index (χ4v) is 5.79. The minimum Gasteiger partial charge on any atom is -0.393 e. The molecule has 1 heterocycles. The molecule has 18 heavy (non-hydrogen) atoms. The molecule has 2 aliphatic carbocycles. The van der Waals surface area contributed by atoms with Gasteiger partial charge in [0.25, 0.3) is 0 Å². The van der Waals surface area contributed by atoms with E-state index < -0.39 is 10.0 Å². The number of aliphatic hydroxyl groups is 1. The van der Waals surface area contributed by atoms with Crippen molar-refractivity contribution >= 4 is 10.0 Å². The van der Waals surface area contributed by atoms with Crippen LogP contribution in [0.4, 0.5) is 0 Å². The van der Waals surface area contributed by atoms with Gasteiger partial charge in [0.1, 0.15) is 0 Å². The van der Waals surface area contributed by atoms with Gasteiger partial charge in [-0.25, -0.2) is 8.42 Å². The van der Waals surface area contributed by atoms with E-state index in [2.05, 4.69) is 0 Å². The molecular weight excluding hydrogens is 250 g/mol. The summed E-state index contributed by atoms with van der Waals surface area (Å²) in [6.07, 6.45) is 7.27. The topological polar surface area (TPSA) is 57.6 Å². The molecule has 3 aliphatic rings. The highest BCUT2D eigenvalue weighted by atomic mass is 32.2. The van der Waals surface area contributed by atoms with Gasteiger partial charge in [-0.15, -0.1) is 0 Å². The van der Waals surface area contributed by atoms with Crippen molar-refractivity contribution in [2.24, 2.45) is 5.92 Å². The Morgan fingerprint density at radius 1 is 0.944 bits per heavy atom. The first-order chi connectivity index (χ1) is 8.60. The fraction of sp³-hybridized carbons (Fsp3) is 1.00. The van der Waals surface area contributed by atoms with Crippen LogP contribution in [0.2, 0.25) is 0 Å². The lowest BCUT2D eigenvalue weighted by atomic mass is 9.89. The van der Waals surface area contributed by atoms with Crippen molar-refractivity contribution in [2.75, 3.05) is 6.54 Å². The summed E-state index contributed by atoms with van der Waals surface area (Å²) in [5.74, 6) is 0.179. The van der Waals surface area contributed by atoms with Gasteiger partial charge in [0.2, 0.25) is 10.0 Å². The third-order valence-electron chi connectivity index (χ3n) is 4.80. The van der Waals surface area contributed by atoms with E-state index in [9.17, 15) is 13.5 Å². The maximum atomic E-state index is 12.5. The van der Waals surface area contributed by atoms with Gasteiger partial charge in [0.15, 0.2) is 0 Å². The Morgan fingerprint density at radius 2 is 1.72 bits per heavy atom. The van der Waals surface area contributed by atoms with Crippen LogP contribution in [0, 0.1) is 5.92 Å². The highest BCUT2D eigenvalue weighted by Crippen LogP contribution is 2.40.